The molecule has 8 aliphatic carbocycles. The summed E-state index contributed by atoms with van der Waals surface area (Å²) in [7, 11) is 0. The van der Waals surface area contributed by atoms with Gasteiger partial charge in [-0.05, 0) is 173 Å². The highest BCUT2D eigenvalue weighted by Crippen LogP contribution is 2.66. The predicted octanol–water partition coefficient (Wildman–Crippen LogP) is 15.4. The van der Waals surface area contributed by atoms with Crippen LogP contribution in [0.1, 0.15) is 213 Å². The van der Waals surface area contributed by atoms with E-state index in [0.29, 0.717) is 70.5 Å². The topological polar surface area (TPSA) is 68.3 Å². The van der Waals surface area contributed by atoms with Crippen LogP contribution in [-0.4, -0.2) is 23.1 Å². The van der Waals surface area contributed by atoms with E-state index in [1.54, 1.807) is 0 Å². The van der Waals surface area contributed by atoms with Crippen LogP contribution in [0.15, 0.2) is 47.6 Å². The number of hydrogen-bond donors (Lipinski definition) is 0. The van der Waals surface area contributed by atoms with Crippen LogP contribution in [0.4, 0.5) is 0 Å². The van der Waals surface area contributed by atoms with Crippen LogP contribution in [-0.2, 0) is 19.2 Å². The van der Waals surface area contributed by atoms with Crippen molar-refractivity contribution in [2.75, 3.05) is 0 Å². The normalized spacial score (nSPS) is 43.3. The summed E-state index contributed by atoms with van der Waals surface area (Å²) in [5.74, 6) is 5.73. The minimum Gasteiger partial charge on any atom is -0.299 e. The number of carbonyl (C=O) groups is 4. The highest BCUT2D eigenvalue weighted by molar-refractivity contribution is 5.87. The van der Waals surface area contributed by atoms with Gasteiger partial charge in [0.2, 0.25) is 0 Å². The summed E-state index contributed by atoms with van der Waals surface area (Å²) >= 11 is 0. The van der Waals surface area contributed by atoms with Crippen LogP contribution < -0.4 is 0 Å². The van der Waals surface area contributed by atoms with Crippen LogP contribution in [0.5, 0.6) is 0 Å². The van der Waals surface area contributed by atoms with E-state index in [0.717, 1.165) is 89.9 Å². The van der Waals surface area contributed by atoms with Gasteiger partial charge in [-0.3, -0.25) is 19.2 Å². The van der Waals surface area contributed by atoms with Crippen LogP contribution >= 0.6 is 0 Å². The zero-order chi connectivity index (χ0) is 47.4. The fourth-order valence-electron chi connectivity index (χ4n) is 18.5. The van der Waals surface area contributed by atoms with Crippen molar-refractivity contribution < 1.29 is 19.2 Å². The lowest BCUT2D eigenvalue weighted by atomic mass is 9.45. The Labute approximate surface area is 391 Å². The molecule has 6 saturated carbocycles. The van der Waals surface area contributed by atoms with Crippen molar-refractivity contribution in [1.82, 2.24) is 0 Å². The van der Waals surface area contributed by atoms with Crippen LogP contribution in [0.2, 0.25) is 0 Å². The molecule has 0 aromatic heterocycles. The predicted molar refractivity (Wildman–Crippen MR) is 264 cm³/mol. The second-order valence-corrected chi connectivity index (χ2v) is 26.9. The Kier molecular flexibility index (Phi) is 12.9. The van der Waals surface area contributed by atoms with Crippen molar-refractivity contribution in [3.05, 3.63) is 47.6 Å². The maximum Gasteiger partial charge on any atom is 0.138 e. The molecule has 0 unspecified atom stereocenters. The minimum absolute atomic E-state index is 0.182. The van der Waals surface area contributed by atoms with E-state index < -0.39 is 0 Å². The number of ketones is 4. The number of allylic oxidation sites excluding steroid dienone is 6. The lowest BCUT2D eigenvalue weighted by molar-refractivity contribution is -0.146. The molecule has 4 heteroatoms. The lowest BCUT2D eigenvalue weighted by Gasteiger charge is -2.58. The molecule has 0 aliphatic heterocycles. The molecule has 0 aromatic carbocycles. The van der Waals surface area contributed by atoms with Gasteiger partial charge in [0.1, 0.15) is 23.1 Å². The van der Waals surface area contributed by atoms with Gasteiger partial charge >= 0.3 is 0 Å². The van der Waals surface area contributed by atoms with Gasteiger partial charge in [0, 0.05) is 47.3 Å². The van der Waals surface area contributed by atoms with Gasteiger partial charge in [0.25, 0.3) is 0 Å². The molecule has 12 atom stereocenters. The zero-order valence-corrected chi connectivity index (χ0v) is 43.5. The van der Waals surface area contributed by atoms with Crippen molar-refractivity contribution in [2.45, 2.75) is 213 Å². The Bertz CT molecular complexity index is 1860. The largest absolute Gasteiger partial charge is 0.299 e. The van der Waals surface area contributed by atoms with E-state index in [2.05, 4.69) is 122 Å². The van der Waals surface area contributed by atoms with Gasteiger partial charge in [-0.15, -0.1) is 0 Å². The summed E-state index contributed by atoms with van der Waals surface area (Å²) in [5.41, 5.74) is 5.83. The van der Waals surface area contributed by atoms with Gasteiger partial charge in [-0.1, -0.05) is 131 Å². The number of carbonyl (C=O) groups excluding carboxylic acids is 4. The van der Waals surface area contributed by atoms with Crippen molar-refractivity contribution in [3.63, 3.8) is 0 Å². The highest BCUT2D eigenvalue weighted by Gasteiger charge is 2.60. The third kappa shape index (κ3) is 7.66. The second kappa shape index (κ2) is 16.7. The number of fused-ring (bicyclic) bond motifs is 4. The van der Waals surface area contributed by atoms with Crippen molar-refractivity contribution in [1.29, 1.82) is 0 Å². The van der Waals surface area contributed by atoms with E-state index in [-0.39, 0.29) is 43.3 Å². The van der Waals surface area contributed by atoms with Gasteiger partial charge in [-0.2, -0.15) is 0 Å². The van der Waals surface area contributed by atoms with Gasteiger partial charge < -0.3 is 0 Å². The van der Waals surface area contributed by atoms with E-state index in [9.17, 15) is 19.2 Å². The van der Waals surface area contributed by atoms with Crippen LogP contribution in [0, 0.1) is 90.7 Å². The molecule has 8 aliphatic rings. The van der Waals surface area contributed by atoms with Crippen molar-refractivity contribution in [2.24, 2.45) is 90.7 Å². The smallest absolute Gasteiger partial charge is 0.138 e. The summed E-state index contributed by atoms with van der Waals surface area (Å²) in [5, 5.41) is 0. The quantitative estimate of drug-likeness (QED) is 0.249. The van der Waals surface area contributed by atoms with Gasteiger partial charge in [-0.25, -0.2) is 0 Å². The average molecular weight is 877 g/mol. The Morgan fingerprint density at radius 3 is 0.953 bits per heavy atom. The van der Waals surface area contributed by atoms with E-state index in [4.69, 9.17) is 0 Å². The molecule has 356 valence electrons. The standard InChI is InChI=1S/2C30H46O2/c2*1-19-9-13-23-27(3,4)25(31)15-17-29(23,7)21(19)11-12-22-20(2)10-14-24-28(5,6)26(32)16-18-30(22,24)8/h2*10,21-24H,1,9,11-18H2,2-8H3/t2*21-,22-,23-,24-,29+,30+/m11/s1. The molecule has 6 fully saturated rings. The molecule has 0 bridgehead atoms. The Morgan fingerprint density at radius 1 is 0.406 bits per heavy atom. The molecular formula is C60H92O4. The monoisotopic (exact) mass is 877 g/mol. The van der Waals surface area contributed by atoms with Crippen molar-refractivity contribution in [3.8, 4) is 0 Å². The molecule has 64 heavy (non-hydrogen) atoms. The summed E-state index contributed by atoms with van der Waals surface area (Å²) in [4.78, 5) is 51.1. The Hall–Kier alpha value is -2.36. The molecule has 8 rings (SSSR count). The van der Waals surface area contributed by atoms with Gasteiger partial charge in [0.05, 0.1) is 0 Å². The SMILES string of the molecule is C=C1CC[C@@H]2C(C)(C)C(=O)CC[C@@]2(C)[C@@H]1CC[C@@H]1C(C)=CC[C@@H]2C(C)(C)C(=O)CC[C@@]12C.C=C1CC[C@@H]2C(C)(C)C(=O)CC[C@@]2(C)[C@@H]1CC[C@@H]1C(C)=CC[C@@H]2C(C)(C)C(=O)CC[C@@]12C. The second-order valence-electron chi connectivity index (χ2n) is 26.9. The minimum atomic E-state index is -0.221. The fourth-order valence-corrected chi connectivity index (χ4v) is 18.5. The molecule has 0 radical (unpaired) electrons. The molecule has 0 heterocycles. The number of rotatable bonds is 6. The maximum atomic E-state index is 12.8. The first kappa shape index (κ1) is 49.5. The number of hydrogen-bond acceptors (Lipinski definition) is 4. The molecule has 0 aromatic rings. The van der Waals surface area contributed by atoms with E-state index in [1.165, 1.54) is 48.0 Å². The number of Topliss-reactive ketones (excluding diaryl/α,β-unsaturated/α-hetero) is 4. The average Bonchev–Trinajstić information content (AvgIpc) is 3.20. The van der Waals surface area contributed by atoms with E-state index >= 15 is 0 Å². The first-order valence-electron chi connectivity index (χ1n) is 26.3. The van der Waals surface area contributed by atoms with Crippen LogP contribution in [0.3, 0.4) is 0 Å². The first-order chi connectivity index (χ1) is 29.5. The summed E-state index contributed by atoms with van der Waals surface area (Å²) in [6, 6.07) is 0. The van der Waals surface area contributed by atoms with Crippen molar-refractivity contribution >= 4 is 23.1 Å². The Balaban J connectivity index is 0.000000191. The molecule has 0 saturated heterocycles. The Morgan fingerprint density at radius 2 is 0.656 bits per heavy atom. The molecular weight excluding hydrogens is 785 g/mol. The molecule has 4 nitrogen and oxygen atoms in total. The summed E-state index contributed by atoms with van der Waals surface area (Å²) in [6.45, 7) is 41.3. The third-order valence-corrected chi connectivity index (χ3v) is 22.7. The first-order valence-corrected chi connectivity index (χ1v) is 26.3. The lowest BCUT2D eigenvalue weighted by Crippen LogP contribution is -2.54. The molecule has 0 spiro atoms. The zero-order valence-electron chi connectivity index (χ0n) is 43.5. The summed E-state index contributed by atoms with van der Waals surface area (Å²) < 4.78 is 0. The third-order valence-electron chi connectivity index (χ3n) is 22.7. The molecule has 0 amide bonds. The van der Waals surface area contributed by atoms with Crippen LogP contribution in [0.25, 0.3) is 0 Å². The van der Waals surface area contributed by atoms with Gasteiger partial charge in [0.15, 0.2) is 0 Å². The van der Waals surface area contributed by atoms with E-state index in [1.807, 2.05) is 0 Å². The highest BCUT2D eigenvalue weighted by atomic mass is 16.1. The fraction of sp³-hybridized carbons (Fsp3) is 0.800. The molecule has 0 N–H and O–H groups in total. The maximum absolute atomic E-state index is 12.8. The summed E-state index contributed by atoms with van der Waals surface area (Å²) in [6.07, 6.45) is 23.1.